The molecule has 0 unspecified atom stereocenters. The highest BCUT2D eigenvalue weighted by Crippen LogP contribution is 2.26. The van der Waals surface area contributed by atoms with E-state index >= 15 is 0 Å². The van der Waals surface area contributed by atoms with E-state index in [9.17, 15) is 9.59 Å². The highest BCUT2D eigenvalue weighted by molar-refractivity contribution is 5.89. The lowest BCUT2D eigenvalue weighted by Crippen LogP contribution is -2.36. The van der Waals surface area contributed by atoms with Gasteiger partial charge in [-0.1, -0.05) is 30.3 Å². The molecule has 1 aromatic carbocycles. The summed E-state index contributed by atoms with van der Waals surface area (Å²) < 4.78 is 0. The highest BCUT2D eigenvalue weighted by Gasteiger charge is 2.36. The van der Waals surface area contributed by atoms with Crippen LogP contribution in [0.5, 0.6) is 0 Å². The molecule has 0 radical (unpaired) electrons. The Kier molecular flexibility index (Phi) is 5.12. The second-order valence-electron chi connectivity index (χ2n) is 6.57. The van der Waals surface area contributed by atoms with Gasteiger partial charge in [0.1, 0.15) is 0 Å². The molecule has 0 saturated carbocycles. The van der Waals surface area contributed by atoms with Gasteiger partial charge in [-0.25, -0.2) is 0 Å². The van der Waals surface area contributed by atoms with Crippen molar-refractivity contribution in [3.63, 3.8) is 0 Å². The summed E-state index contributed by atoms with van der Waals surface area (Å²) in [5.74, 6) is -0.203. The summed E-state index contributed by atoms with van der Waals surface area (Å²) >= 11 is 0. The molecule has 0 bridgehead atoms. The average molecular weight is 337 g/mol. The van der Waals surface area contributed by atoms with Crippen LogP contribution in [0, 0.1) is 5.92 Å². The molecule has 25 heavy (non-hydrogen) atoms. The van der Waals surface area contributed by atoms with Crippen LogP contribution >= 0.6 is 0 Å². The minimum Gasteiger partial charge on any atom is -0.339 e. The van der Waals surface area contributed by atoms with Crippen molar-refractivity contribution in [1.82, 2.24) is 14.8 Å². The van der Waals surface area contributed by atoms with E-state index in [0.717, 1.165) is 11.1 Å². The fraction of sp³-hybridized carbons (Fsp3) is 0.350. The number of likely N-dealkylation sites (tertiary alicyclic amines) is 1. The van der Waals surface area contributed by atoms with Gasteiger partial charge in [0.2, 0.25) is 11.8 Å². The summed E-state index contributed by atoms with van der Waals surface area (Å²) in [7, 11) is 1.80. The van der Waals surface area contributed by atoms with Gasteiger partial charge < -0.3 is 9.80 Å². The molecule has 1 saturated heterocycles. The molecule has 2 aromatic rings. The van der Waals surface area contributed by atoms with Crippen LogP contribution in [0.15, 0.2) is 54.9 Å². The summed E-state index contributed by atoms with van der Waals surface area (Å²) in [6.45, 7) is 3.04. The molecular formula is C20H23N3O2. The molecule has 0 spiro atoms. The number of benzene rings is 1. The van der Waals surface area contributed by atoms with Gasteiger partial charge in [-0.3, -0.25) is 14.6 Å². The largest absolute Gasteiger partial charge is 0.339 e. The Balaban J connectivity index is 1.64. The van der Waals surface area contributed by atoms with Crippen LogP contribution in [0.1, 0.15) is 30.5 Å². The lowest BCUT2D eigenvalue weighted by Gasteiger charge is -2.27. The monoisotopic (exact) mass is 337 g/mol. The van der Waals surface area contributed by atoms with Crippen LogP contribution in [-0.2, 0) is 16.1 Å². The van der Waals surface area contributed by atoms with Crippen molar-refractivity contribution >= 4 is 11.8 Å². The maximum Gasteiger partial charge on any atom is 0.228 e. The first-order chi connectivity index (χ1) is 12.1. The van der Waals surface area contributed by atoms with Gasteiger partial charge in [0.15, 0.2) is 0 Å². The number of rotatable bonds is 5. The van der Waals surface area contributed by atoms with E-state index in [2.05, 4.69) is 4.98 Å². The van der Waals surface area contributed by atoms with Crippen LogP contribution < -0.4 is 0 Å². The highest BCUT2D eigenvalue weighted by atomic mass is 16.2. The Hall–Kier alpha value is -2.69. The molecule has 3 rings (SSSR count). The van der Waals surface area contributed by atoms with Crippen molar-refractivity contribution in [3.05, 3.63) is 66.0 Å². The van der Waals surface area contributed by atoms with E-state index in [1.807, 2.05) is 49.4 Å². The molecule has 2 amide bonds. The normalized spacial score (nSPS) is 18.2. The maximum atomic E-state index is 12.8. The number of amides is 2. The number of aromatic nitrogens is 1. The first-order valence-electron chi connectivity index (χ1n) is 8.54. The minimum atomic E-state index is -0.273. The molecule has 2 heterocycles. The first kappa shape index (κ1) is 17.1. The molecule has 0 aliphatic carbocycles. The Bertz CT molecular complexity index is 733. The van der Waals surface area contributed by atoms with Gasteiger partial charge in [0.25, 0.3) is 0 Å². The number of pyridine rings is 1. The van der Waals surface area contributed by atoms with Gasteiger partial charge >= 0.3 is 0 Å². The average Bonchev–Trinajstić information content (AvgIpc) is 3.02. The fourth-order valence-corrected chi connectivity index (χ4v) is 3.24. The molecule has 1 aromatic heterocycles. The summed E-state index contributed by atoms with van der Waals surface area (Å²) in [4.78, 5) is 32.7. The van der Waals surface area contributed by atoms with Gasteiger partial charge in [0.05, 0.1) is 12.0 Å². The lowest BCUT2D eigenvalue weighted by molar-refractivity contribution is -0.136. The summed E-state index contributed by atoms with van der Waals surface area (Å²) in [5.41, 5.74) is 2.12. The Morgan fingerprint density at radius 1 is 1.24 bits per heavy atom. The topological polar surface area (TPSA) is 53.5 Å². The molecule has 5 nitrogen and oxygen atoms in total. The van der Waals surface area contributed by atoms with E-state index in [1.54, 1.807) is 29.2 Å². The summed E-state index contributed by atoms with van der Waals surface area (Å²) in [5, 5.41) is 0. The Morgan fingerprint density at radius 2 is 1.92 bits per heavy atom. The standard InChI is InChI=1S/C20H23N3O2/c1-15(17-8-10-21-11-9-17)22(2)20(25)18-12-19(24)23(14-18)13-16-6-4-3-5-7-16/h3-11,15,18H,12-14H2,1-2H3/t15-,18+/m1/s1. The van der Waals surface area contributed by atoms with Crippen molar-refractivity contribution in [2.45, 2.75) is 25.9 Å². The molecule has 2 atom stereocenters. The first-order valence-corrected chi connectivity index (χ1v) is 8.54. The Morgan fingerprint density at radius 3 is 2.60 bits per heavy atom. The third-order valence-electron chi connectivity index (χ3n) is 4.90. The molecule has 1 fully saturated rings. The number of nitrogens with zero attached hydrogens (tertiary/aromatic N) is 3. The number of carbonyl (C=O) groups excluding carboxylic acids is 2. The number of hydrogen-bond donors (Lipinski definition) is 0. The van der Waals surface area contributed by atoms with Crippen LogP contribution in [0.2, 0.25) is 0 Å². The van der Waals surface area contributed by atoms with Gasteiger partial charge in [-0.15, -0.1) is 0 Å². The van der Waals surface area contributed by atoms with Gasteiger partial charge in [0, 0.05) is 39.0 Å². The maximum absolute atomic E-state index is 12.8. The molecule has 1 aliphatic heterocycles. The van der Waals surface area contributed by atoms with Crippen LogP contribution in [0.25, 0.3) is 0 Å². The summed E-state index contributed by atoms with van der Waals surface area (Å²) in [6, 6.07) is 13.7. The van der Waals surface area contributed by atoms with E-state index in [0.29, 0.717) is 19.5 Å². The molecule has 130 valence electrons. The van der Waals surface area contributed by atoms with E-state index in [1.165, 1.54) is 0 Å². The quantitative estimate of drug-likeness (QED) is 0.843. The van der Waals surface area contributed by atoms with Gasteiger partial charge in [-0.2, -0.15) is 0 Å². The predicted octanol–water partition coefficient (Wildman–Crippen LogP) is 2.65. The Labute approximate surface area is 148 Å². The van der Waals surface area contributed by atoms with Crippen molar-refractivity contribution < 1.29 is 9.59 Å². The fourth-order valence-electron chi connectivity index (χ4n) is 3.24. The van der Waals surface area contributed by atoms with Crippen LogP contribution in [-0.4, -0.2) is 40.2 Å². The van der Waals surface area contributed by atoms with Crippen molar-refractivity contribution in [2.24, 2.45) is 5.92 Å². The van der Waals surface area contributed by atoms with E-state index < -0.39 is 0 Å². The predicted molar refractivity (Wildman–Crippen MR) is 95.4 cm³/mol. The van der Waals surface area contributed by atoms with Gasteiger partial charge in [-0.05, 0) is 30.2 Å². The van der Waals surface area contributed by atoms with E-state index in [4.69, 9.17) is 0 Å². The lowest BCUT2D eigenvalue weighted by atomic mass is 10.0. The molecule has 0 N–H and O–H groups in total. The van der Waals surface area contributed by atoms with Crippen molar-refractivity contribution in [1.29, 1.82) is 0 Å². The third-order valence-corrected chi connectivity index (χ3v) is 4.90. The van der Waals surface area contributed by atoms with Crippen LogP contribution in [0.3, 0.4) is 0 Å². The smallest absolute Gasteiger partial charge is 0.228 e. The zero-order chi connectivity index (χ0) is 17.8. The summed E-state index contributed by atoms with van der Waals surface area (Å²) in [6.07, 6.45) is 3.74. The zero-order valence-corrected chi connectivity index (χ0v) is 14.6. The SMILES string of the molecule is C[C@H](c1ccncc1)N(C)C(=O)[C@H]1CC(=O)N(Cc2ccccc2)C1. The van der Waals surface area contributed by atoms with Crippen molar-refractivity contribution in [2.75, 3.05) is 13.6 Å². The van der Waals surface area contributed by atoms with Crippen LogP contribution in [0.4, 0.5) is 0 Å². The van der Waals surface area contributed by atoms with E-state index in [-0.39, 0.29) is 23.8 Å². The molecular weight excluding hydrogens is 314 g/mol. The minimum absolute atomic E-state index is 0.0215. The number of hydrogen-bond acceptors (Lipinski definition) is 3. The molecule has 1 aliphatic rings. The van der Waals surface area contributed by atoms with Crippen molar-refractivity contribution in [3.8, 4) is 0 Å². The number of carbonyl (C=O) groups is 2. The molecule has 5 heteroatoms. The zero-order valence-electron chi connectivity index (χ0n) is 14.6. The second-order valence-corrected chi connectivity index (χ2v) is 6.57. The second kappa shape index (κ2) is 7.47. The third kappa shape index (κ3) is 3.87.